The molecule has 2 rings (SSSR count). The van der Waals surface area contributed by atoms with E-state index in [0.29, 0.717) is 32.0 Å². The van der Waals surface area contributed by atoms with Gasteiger partial charge in [-0.25, -0.2) is 4.99 Å². The van der Waals surface area contributed by atoms with Crippen molar-refractivity contribution in [1.82, 2.24) is 16.0 Å². The summed E-state index contributed by atoms with van der Waals surface area (Å²) in [5.41, 5.74) is 0. The Morgan fingerprint density at radius 1 is 1.15 bits per heavy atom. The predicted molar refractivity (Wildman–Crippen MR) is 121 cm³/mol. The molecule has 3 N–H and O–H groups in total. The first-order valence-corrected chi connectivity index (χ1v) is 10.3. The Morgan fingerprint density at radius 3 is 2.54 bits per heavy atom. The minimum Gasteiger partial charge on any atom is -0.357 e. The third-order valence-corrected chi connectivity index (χ3v) is 5.46. The number of hydrogen-bond acceptors (Lipinski definition) is 3. The number of halogens is 1. The highest BCUT2D eigenvalue weighted by molar-refractivity contribution is 14.0. The van der Waals surface area contributed by atoms with Gasteiger partial charge in [-0.2, -0.15) is 0 Å². The Balaban J connectivity index is 0.00000338. The van der Waals surface area contributed by atoms with Gasteiger partial charge in [0.2, 0.25) is 5.91 Å². The number of aryl methyl sites for hydroxylation is 1. The van der Waals surface area contributed by atoms with Gasteiger partial charge in [-0.05, 0) is 44.7 Å². The van der Waals surface area contributed by atoms with Crippen LogP contribution in [0, 0.1) is 12.8 Å². The third kappa shape index (κ3) is 9.21. The lowest BCUT2D eigenvalue weighted by molar-refractivity contribution is -0.122. The van der Waals surface area contributed by atoms with Gasteiger partial charge in [0.15, 0.2) is 5.96 Å². The zero-order valence-electron chi connectivity index (χ0n) is 16.0. The van der Waals surface area contributed by atoms with E-state index < -0.39 is 0 Å². The highest BCUT2D eigenvalue weighted by Crippen LogP contribution is 2.25. The topological polar surface area (TPSA) is 65.5 Å². The molecule has 1 heterocycles. The van der Waals surface area contributed by atoms with Gasteiger partial charge < -0.3 is 16.0 Å². The van der Waals surface area contributed by atoms with Crippen LogP contribution in [-0.2, 0) is 11.3 Å². The third-order valence-electron chi connectivity index (χ3n) is 4.47. The van der Waals surface area contributed by atoms with Crippen molar-refractivity contribution in [2.45, 2.75) is 58.9 Å². The maximum Gasteiger partial charge on any atom is 0.220 e. The number of rotatable bonds is 8. The summed E-state index contributed by atoms with van der Waals surface area (Å²) < 4.78 is 0. The van der Waals surface area contributed by atoms with E-state index in [1.54, 1.807) is 11.3 Å². The summed E-state index contributed by atoms with van der Waals surface area (Å²) in [6.07, 6.45) is 7.01. The monoisotopic (exact) mass is 492 g/mol. The summed E-state index contributed by atoms with van der Waals surface area (Å²) in [4.78, 5) is 19.2. The molecular formula is C19H33IN4OS. The first-order valence-electron chi connectivity index (χ1n) is 9.51. The minimum atomic E-state index is 0. The van der Waals surface area contributed by atoms with E-state index in [0.717, 1.165) is 12.5 Å². The van der Waals surface area contributed by atoms with Crippen LogP contribution < -0.4 is 16.0 Å². The molecule has 0 unspecified atom stereocenters. The molecule has 1 aliphatic rings. The minimum absolute atomic E-state index is 0. The molecule has 1 aliphatic carbocycles. The van der Waals surface area contributed by atoms with E-state index in [2.05, 4.69) is 46.9 Å². The maximum absolute atomic E-state index is 12.0. The van der Waals surface area contributed by atoms with Crippen molar-refractivity contribution in [3.8, 4) is 0 Å². The molecule has 148 valence electrons. The normalized spacial score (nSPS) is 15.2. The van der Waals surface area contributed by atoms with Crippen molar-refractivity contribution < 1.29 is 4.79 Å². The zero-order chi connectivity index (χ0) is 17.9. The molecule has 1 saturated carbocycles. The van der Waals surface area contributed by atoms with E-state index in [1.165, 1.54) is 41.9 Å². The van der Waals surface area contributed by atoms with Crippen molar-refractivity contribution >= 4 is 47.2 Å². The average molecular weight is 492 g/mol. The summed E-state index contributed by atoms with van der Waals surface area (Å²) in [7, 11) is 0. The summed E-state index contributed by atoms with van der Waals surface area (Å²) in [6, 6.07) is 4.25. The van der Waals surface area contributed by atoms with Crippen LogP contribution in [-0.4, -0.2) is 31.5 Å². The van der Waals surface area contributed by atoms with Gasteiger partial charge in [-0.15, -0.1) is 35.3 Å². The van der Waals surface area contributed by atoms with Crippen LogP contribution >= 0.6 is 35.3 Å². The van der Waals surface area contributed by atoms with E-state index in [9.17, 15) is 4.79 Å². The summed E-state index contributed by atoms with van der Waals surface area (Å²) in [5, 5.41) is 9.55. The first-order chi connectivity index (χ1) is 12.2. The first kappa shape index (κ1) is 23.2. The number of guanidine groups is 1. The van der Waals surface area contributed by atoms with Crippen molar-refractivity contribution in [2.24, 2.45) is 10.9 Å². The van der Waals surface area contributed by atoms with Crippen molar-refractivity contribution in [3.63, 3.8) is 0 Å². The number of aliphatic imine (C=N–C) groups is 1. The molecule has 0 radical (unpaired) electrons. The molecule has 1 aromatic rings. The van der Waals surface area contributed by atoms with E-state index >= 15 is 0 Å². The van der Waals surface area contributed by atoms with Gasteiger partial charge in [0, 0.05) is 35.8 Å². The molecule has 0 saturated heterocycles. The van der Waals surface area contributed by atoms with Crippen LogP contribution in [0.5, 0.6) is 0 Å². The van der Waals surface area contributed by atoms with Crippen LogP contribution in [0.2, 0.25) is 0 Å². The number of thiophene rings is 1. The van der Waals surface area contributed by atoms with Gasteiger partial charge in [-0.3, -0.25) is 4.79 Å². The summed E-state index contributed by atoms with van der Waals surface area (Å²) in [6.45, 7) is 6.99. The number of hydrogen-bond donors (Lipinski definition) is 3. The van der Waals surface area contributed by atoms with Gasteiger partial charge >= 0.3 is 0 Å². The molecule has 5 nitrogen and oxygen atoms in total. The van der Waals surface area contributed by atoms with Crippen molar-refractivity contribution in [2.75, 3.05) is 19.6 Å². The molecule has 1 fully saturated rings. The lowest BCUT2D eigenvalue weighted by Crippen LogP contribution is -2.41. The number of nitrogens with one attached hydrogen (secondary N) is 3. The second-order valence-corrected chi connectivity index (χ2v) is 8.06. The maximum atomic E-state index is 12.0. The van der Waals surface area contributed by atoms with Crippen molar-refractivity contribution in [3.05, 3.63) is 21.9 Å². The average Bonchev–Trinajstić information content (AvgIpc) is 3.02. The molecule has 1 aromatic heterocycles. The molecule has 0 aliphatic heterocycles. The SMILES string of the molecule is CCNC(=NCc1ccc(C)s1)NCCNC(=O)CC1CCCCC1.I. The molecule has 0 atom stereocenters. The quantitative estimate of drug-likeness (QED) is 0.224. The standard InChI is InChI=1S/C19H32N4OS.HI/c1-3-20-19(23-14-17-10-9-15(2)25-17)22-12-11-21-18(24)13-16-7-5-4-6-8-16;/h9-10,16H,3-8,11-14H2,1-2H3,(H,21,24)(H2,20,22,23);1H. The zero-order valence-corrected chi connectivity index (χ0v) is 19.1. The van der Waals surface area contributed by atoms with Gasteiger partial charge in [0.1, 0.15) is 0 Å². The van der Waals surface area contributed by atoms with Crippen molar-refractivity contribution in [1.29, 1.82) is 0 Å². The second kappa shape index (κ2) is 13.4. The van der Waals surface area contributed by atoms with Gasteiger partial charge in [0.25, 0.3) is 0 Å². The Morgan fingerprint density at radius 2 is 1.88 bits per heavy atom. The smallest absolute Gasteiger partial charge is 0.220 e. The number of nitrogens with zero attached hydrogens (tertiary/aromatic N) is 1. The van der Waals surface area contributed by atoms with Crippen LogP contribution in [0.25, 0.3) is 0 Å². The molecule has 0 spiro atoms. The number of carbonyl (C=O) groups excluding carboxylic acids is 1. The molecule has 26 heavy (non-hydrogen) atoms. The fraction of sp³-hybridized carbons (Fsp3) is 0.684. The van der Waals surface area contributed by atoms with Crippen LogP contribution in [0.3, 0.4) is 0 Å². The highest BCUT2D eigenvalue weighted by atomic mass is 127. The molecule has 0 bridgehead atoms. The Kier molecular flexibility index (Phi) is 11.9. The number of carbonyl (C=O) groups is 1. The molecular weight excluding hydrogens is 459 g/mol. The molecule has 1 amide bonds. The van der Waals surface area contributed by atoms with E-state index in [4.69, 9.17) is 0 Å². The highest BCUT2D eigenvalue weighted by Gasteiger charge is 2.16. The fourth-order valence-corrected chi connectivity index (χ4v) is 3.99. The molecule has 0 aromatic carbocycles. The Hall–Kier alpha value is -0.830. The van der Waals surface area contributed by atoms with Crippen LogP contribution in [0.15, 0.2) is 17.1 Å². The second-order valence-electron chi connectivity index (χ2n) is 6.69. The largest absolute Gasteiger partial charge is 0.357 e. The van der Waals surface area contributed by atoms with Crippen LogP contribution in [0.1, 0.15) is 55.2 Å². The van der Waals surface area contributed by atoms with E-state index in [-0.39, 0.29) is 29.9 Å². The molecule has 7 heteroatoms. The van der Waals surface area contributed by atoms with Gasteiger partial charge in [0.05, 0.1) is 6.54 Å². The van der Waals surface area contributed by atoms with Crippen LogP contribution in [0.4, 0.5) is 0 Å². The summed E-state index contributed by atoms with van der Waals surface area (Å²) >= 11 is 1.78. The predicted octanol–water partition coefficient (Wildman–Crippen LogP) is 3.82. The Bertz CT molecular complexity index is 555. The fourth-order valence-electron chi connectivity index (χ4n) is 3.18. The number of amides is 1. The lowest BCUT2D eigenvalue weighted by Gasteiger charge is -2.20. The Labute approximate surface area is 178 Å². The van der Waals surface area contributed by atoms with Gasteiger partial charge in [-0.1, -0.05) is 19.3 Å². The van der Waals surface area contributed by atoms with E-state index in [1.807, 2.05) is 0 Å². The lowest BCUT2D eigenvalue weighted by atomic mass is 9.87. The summed E-state index contributed by atoms with van der Waals surface area (Å²) in [5.74, 6) is 1.58.